The number of nitrogens with zero attached hydrogens (tertiary/aromatic N) is 1. The summed E-state index contributed by atoms with van der Waals surface area (Å²) in [5.74, 6) is 0.944. The van der Waals surface area contributed by atoms with Crippen LogP contribution in [-0.4, -0.2) is 11.5 Å². The van der Waals surface area contributed by atoms with Crippen LogP contribution in [-0.2, 0) is 6.42 Å². The highest BCUT2D eigenvalue weighted by atomic mass is 19.1. The average molecular weight is 282 g/mol. The van der Waals surface area contributed by atoms with Crippen LogP contribution in [0.2, 0.25) is 0 Å². The van der Waals surface area contributed by atoms with E-state index in [0.717, 1.165) is 16.5 Å². The fourth-order valence-corrected chi connectivity index (χ4v) is 2.23. The second kappa shape index (κ2) is 5.89. The predicted molar refractivity (Wildman–Crippen MR) is 81.0 cm³/mol. The monoisotopic (exact) mass is 282 g/mol. The van der Waals surface area contributed by atoms with E-state index in [4.69, 9.17) is 10.5 Å². The Bertz CT molecular complexity index is 774. The van der Waals surface area contributed by atoms with Gasteiger partial charge < -0.3 is 10.5 Å². The maximum absolute atomic E-state index is 13.3. The number of aromatic nitrogens is 1. The van der Waals surface area contributed by atoms with Crippen LogP contribution in [0.25, 0.3) is 10.9 Å². The normalized spacial score (nSPS) is 10.8. The molecule has 0 bridgehead atoms. The van der Waals surface area contributed by atoms with E-state index < -0.39 is 0 Å². The number of fused-ring (bicyclic) bond motifs is 1. The molecule has 0 aliphatic carbocycles. The lowest BCUT2D eigenvalue weighted by atomic mass is 10.1. The zero-order valence-corrected chi connectivity index (χ0v) is 11.4. The Hall–Kier alpha value is -2.46. The zero-order chi connectivity index (χ0) is 14.7. The van der Waals surface area contributed by atoms with Crippen molar-refractivity contribution in [2.24, 2.45) is 5.73 Å². The molecule has 0 radical (unpaired) electrons. The number of para-hydroxylation sites is 1. The first-order valence-corrected chi connectivity index (χ1v) is 6.77. The van der Waals surface area contributed by atoms with Gasteiger partial charge in [-0.25, -0.2) is 4.39 Å². The summed E-state index contributed by atoms with van der Waals surface area (Å²) in [6.07, 6.45) is 2.23. The molecule has 21 heavy (non-hydrogen) atoms. The zero-order valence-electron chi connectivity index (χ0n) is 11.4. The number of rotatable bonds is 4. The molecule has 4 heteroatoms. The average Bonchev–Trinajstić information content (AvgIpc) is 2.50. The number of nitrogens with two attached hydrogens (primary N) is 1. The van der Waals surface area contributed by atoms with Crippen molar-refractivity contribution in [2.75, 3.05) is 6.54 Å². The van der Waals surface area contributed by atoms with Crippen LogP contribution >= 0.6 is 0 Å². The fraction of sp³-hybridized carbons (Fsp3) is 0.118. The smallest absolute Gasteiger partial charge is 0.146 e. The van der Waals surface area contributed by atoms with Gasteiger partial charge in [0.15, 0.2) is 0 Å². The first-order valence-electron chi connectivity index (χ1n) is 6.77. The van der Waals surface area contributed by atoms with E-state index in [-0.39, 0.29) is 5.82 Å². The Kier molecular flexibility index (Phi) is 3.79. The molecule has 0 aliphatic rings. The van der Waals surface area contributed by atoms with Gasteiger partial charge in [-0.1, -0.05) is 18.2 Å². The largest absolute Gasteiger partial charge is 0.455 e. The van der Waals surface area contributed by atoms with Crippen LogP contribution < -0.4 is 10.5 Å². The van der Waals surface area contributed by atoms with Crippen LogP contribution in [0.5, 0.6) is 11.5 Å². The maximum Gasteiger partial charge on any atom is 0.146 e. The topological polar surface area (TPSA) is 48.1 Å². The third-order valence-corrected chi connectivity index (χ3v) is 3.23. The predicted octanol–water partition coefficient (Wildman–Crippen LogP) is 3.67. The second-order valence-electron chi connectivity index (χ2n) is 4.76. The Morgan fingerprint density at radius 1 is 1.10 bits per heavy atom. The van der Waals surface area contributed by atoms with Crippen molar-refractivity contribution >= 4 is 10.9 Å². The molecule has 0 saturated heterocycles. The molecule has 0 unspecified atom stereocenters. The minimum absolute atomic E-state index is 0.289. The summed E-state index contributed by atoms with van der Waals surface area (Å²) in [7, 11) is 0. The fourth-order valence-electron chi connectivity index (χ4n) is 2.23. The summed E-state index contributed by atoms with van der Waals surface area (Å²) in [6.45, 7) is 0.440. The van der Waals surface area contributed by atoms with Crippen molar-refractivity contribution in [1.82, 2.24) is 4.98 Å². The van der Waals surface area contributed by atoms with E-state index in [9.17, 15) is 4.39 Å². The molecule has 2 aromatic carbocycles. The van der Waals surface area contributed by atoms with Crippen molar-refractivity contribution < 1.29 is 9.13 Å². The first-order chi connectivity index (χ1) is 10.3. The standard InChI is InChI=1S/C17H15FN2O/c18-14-5-6-17(13(9-14)7-8-19)21-15-10-12-3-1-2-4-16(12)20-11-15/h1-6,9-11H,7-8,19H2. The highest BCUT2D eigenvalue weighted by Crippen LogP contribution is 2.27. The molecule has 3 nitrogen and oxygen atoms in total. The van der Waals surface area contributed by atoms with E-state index >= 15 is 0 Å². The number of benzene rings is 2. The van der Waals surface area contributed by atoms with Gasteiger partial charge in [0.1, 0.15) is 17.3 Å². The van der Waals surface area contributed by atoms with Crippen molar-refractivity contribution in [3.63, 3.8) is 0 Å². The van der Waals surface area contributed by atoms with E-state index in [1.165, 1.54) is 12.1 Å². The van der Waals surface area contributed by atoms with Gasteiger partial charge in [-0.3, -0.25) is 4.98 Å². The molecule has 0 aliphatic heterocycles. The SMILES string of the molecule is NCCc1cc(F)ccc1Oc1cnc2ccccc2c1. The molecule has 3 rings (SSSR count). The molecular weight excluding hydrogens is 267 g/mol. The van der Waals surface area contributed by atoms with Crippen molar-refractivity contribution in [1.29, 1.82) is 0 Å². The summed E-state index contributed by atoms with van der Waals surface area (Å²) in [4.78, 5) is 4.35. The lowest BCUT2D eigenvalue weighted by Crippen LogP contribution is -2.04. The Labute approximate surface area is 122 Å². The molecule has 1 heterocycles. The highest BCUT2D eigenvalue weighted by Gasteiger charge is 2.07. The summed E-state index contributed by atoms with van der Waals surface area (Å²) in [6, 6.07) is 14.2. The molecule has 2 N–H and O–H groups in total. The number of pyridine rings is 1. The van der Waals surface area contributed by atoms with Crippen LogP contribution in [0.3, 0.4) is 0 Å². The number of halogens is 1. The van der Waals surface area contributed by atoms with Crippen LogP contribution in [0.15, 0.2) is 54.7 Å². The Morgan fingerprint density at radius 3 is 2.81 bits per heavy atom. The minimum Gasteiger partial charge on any atom is -0.455 e. The summed E-state index contributed by atoms with van der Waals surface area (Å²) >= 11 is 0. The van der Waals surface area contributed by atoms with Gasteiger partial charge in [-0.2, -0.15) is 0 Å². The van der Waals surface area contributed by atoms with E-state index in [0.29, 0.717) is 24.5 Å². The molecule has 0 fully saturated rings. The van der Waals surface area contributed by atoms with Crippen LogP contribution in [0.4, 0.5) is 4.39 Å². The molecular formula is C17H15FN2O. The Morgan fingerprint density at radius 2 is 1.95 bits per heavy atom. The van der Waals surface area contributed by atoms with Crippen molar-refractivity contribution in [2.45, 2.75) is 6.42 Å². The second-order valence-corrected chi connectivity index (χ2v) is 4.76. The van der Waals surface area contributed by atoms with Gasteiger partial charge in [0.25, 0.3) is 0 Å². The van der Waals surface area contributed by atoms with E-state index in [1.807, 2.05) is 30.3 Å². The van der Waals surface area contributed by atoms with Gasteiger partial charge in [-0.05, 0) is 48.9 Å². The third kappa shape index (κ3) is 3.01. The molecule has 0 spiro atoms. The van der Waals surface area contributed by atoms with Crippen molar-refractivity contribution in [3.05, 3.63) is 66.1 Å². The van der Waals surface area contributed by atoms with Gasteiger partial charge >= 0.3 is 0 Å². The first kappa shape index (κ1) is 13.5. The Balaban J connectivity index is 1.94. The number of ether oxygens (including phenoxy) is 1. The molecule has 0 saturated carbocycles. The lowest BCUT2D eigenvalue weighted by molar-refractivity contribution is 0.472. The summed E-state index contributed by atoms with van der Waals surface area (Å²) in [5.41, 5.74) is 7.22. The quantitative estimate of drug-likeness (QED) is 0.794. The van der Waals surface area contributed by atoms with Crippen LogP contribution in [0.1, 0.15) is 5.56 Å². The number of hydrogen-bond donors (Lipinski definition) is 1. The van der Waals surface area contributed by atoms with Gasteiger partial charge in [0.2, 0.25) is 0 Å². The molecule has 106 valence electrons. The van der Waals surface area contributed by atoms with Gasteiger partial charge in [0, 0.05) is 5.39 Å². The molecule has 0 amide bonds. The summed E-state index contributed by atoms with van der Waals surface area (Å²) in [5, 5.41) is 0.998. The van der Waals surface area contributed by atoms with E-state index in [1.54, 1.807) is 12.3 Å². The maximum atomic E-state index is 13.3. The molecule has 1 aromatic heterocycles. The van der Waals surface area contributed by atoms with E-state index in [2.05, 4.69) is 4.98 Å². The third-order valence-electron chi connectivity index (χ3n) is 3.23. The van der Waals surface area contributed by atoms with Gasteiger partial charge in [0.05, 0.1) is 11.7 Å². The minimum atomic E-state index is -0.289. The molecule has 3 aromatic rings. The van der Waals surface area contributed by atoms with Crippen LogP contribution in [0, 0.1) is 5.82 Å². The lowest BCUT2D eigenvalue weighted by Gasteiger charge is -2.11. The molecule has 0 atom stereocenters. The highest BCUT2D eigenvalue weighted by molar-refractivity contribution is 5.79. The summed E-state index contributed by atoms with van der Waals surface area (Å²) < 4.78 is 19.1. The van der Waals surface area contributed by atoms with Crippen molar-refractivity contribution in [3.8, 4) is 11.5 Å². The number of hydrogen-bond acceptors (Lipinski definition) is 3. The van der Waals surface area contributed by atoms with Gasteiger partial charge in [-0.15, -0.1) is 0 Å².